The Balaban J connectivity index is 0.816. The summed E-state index contributed by atoms with van der Waals surface area (Å²) in [7, 11) is 8.00. The van der Waals surface area contributed by atoms with Gasteiger partial charge in [0.05, 0.1) is 155 Å². The predicted molar refractivity (Wildman–Crippen MR) is 528 cm³/mol. The molecule has 2 fully saturated rings. The summed E-state index contributed by atoms with van der Waals surface area (Å²) in [6.45, 7) is 21.3. The largest absolute Gasteiger partial charge is 0.394 e. The molecule has 39 heteroatoms. The zero-order valence-electron chi connectivity index (χ0n) is 85.4. The van der Waals surface area contributed by atoms with Crippen LogP contribution in [0.5, 0.6) is 0 Å². The molecule has 0 saturated carbocycles. The molecule has 1 aliphatic carbocycles. The number of para-hydroxylation sites is 1. The quantitative estimate of drug-likeness (QED) is 0.0211. The normalized spacial score (nSPS) is 21.3. The van der Waals surface area contributed by atoms with Crippen LogP contribution in [0.1, 0.15) is 214 Å². The highest BCUT2D eigenvalue weighted by Gasteiger charge is 2.50. The van der Waals surface area contributed by atoms with Crippen molar-refractivity contribution in [1.82, 2.24) is 68.0 Å². The molecule has 16 N–H and O–H groups in total. The minimum atomic E-state index is -1.61. The number of amides is 9. The third-order valence-corrected chi connectivity index (χ3v) is 27.5. The average Bonchev–Trinajstić information content (AvgIpc) is 1.74. The standard InChI is InChI=1S/C102H161N15O24/c1-17-64(8)92(80(134-15)57-86(125)115-46-30-39-76(115)97(135-16)66(10)98(130)107-67(11)93(126)68-31-20-18-21-32-68)114(14)101(133)72(61(2)3)56-78(120)91(63(6)7)113(13)100(132)65(9)55-77(119)87(62(4)5)109-99(131)73(36-28-29-44-105-84(123)60-140-79-40-23-19-22-38-75-90(79)111-112-117(75)102-96(129)95(128)94(127)81(59-118)141-102)108-83(122)43-47-136-49-51-138-53-54-139-52-50-137-48-45-106-82(121)41-42-85(124)116-58-69-33-24-25-34-70(69)88(104-12)89(110-103)71-35-26-27-37-74(71)116/h18,20-21,24-27,31-35,37,61-67,72-73,76,79-81,87,91-97,102,104,110-112,118,126-129H,17,19,22-23,28-30,36,38-60,103H2,1-16H3,(H,105,123)(H,106,121)(H,107,130)(H,108,122)(H,109,131)/b89-88-/t64-,65+,66+,67+,72-,73+,76-,79?,80+,81+,87-,91-,92-,93+,94-,95-,96+,97+,102+/m0/s1. The molecule has 2 saturated heterocycles. The maximum Gasteiger partial charge on any atom is 0.246 e. The summed E-state index contributed by atoms with van der Waals surface area (Å²) in [5.74, 6) is -2.52. The van der Waals surface area contributed by atoms with E-state index < -0.39 is 157 Å². The van der Waals surface area contributed by atoms with Crippen molar-refractivity contribution in [1.29, 1.82) is 0 Å². The number of nitrogens with two attached hydrogens (primary N) is 1. The Morgan fingerprint density at radius 1 is 0.617 bits per heavy atom. The first-order valence-electron chi connectivity index (χ1n) is 50.2. The number of carbonyl (C=O) groups excluding carboxylic acids is 11. The van der Waals surface area contributed by atoms with Crippen molar-refractivity contribution in [3.63, 3.8) is 0 Å². The number of hydrogen-bond acceptors (Lipinski definition) is 30. The number of aliphatic hydroxyl groups excluding tert-OH is 5. The molecule has 3 aromatic rings. The van der Waals surface area contributed by atoms with Crippen LogP contribution in [0.3, 0.4) is 0 Å². The highest BCUT2D eigenvalue weighted by Crippen LogP contribution is 2.39. The van der Waals surface area contributed by atoms with Crippen LogP contribution in [0.4, 0.5) is 5.69 Å². The number of nitrogens with one attached hydrogen (secondary N) is 9. The minimum absolute atomic E-state index is 0.0311. The van der Waals surface area contributed by atoms with E-state index in [1.807, 2.05) is 101 Å². The Morgan fingerprint density at radius 3 is 1.91 bits per heavy atom. The van der Waals surface area contributed by atoms with E-state index in [-0.39, 0.29) is 171 Å². The molecule has 9 amide bonds. The molecule has 788 valence electrons. The second kappa shape index (κ2) is 58.9. The fourth-order valence-corrected chi connectivity index (χ4v) is 19.4. The number of likely N-dealkylation sites (tertiary alicyclic amines) is 1. The molecule has 0 bridgehead atoms. The Labute approximate surface area is 830 Å². The van der Waals surface area contributed by atoms with Crippen molar-refractivity contribution in [2.45, 2.75) is 283 Å². The van der Waals surface area contributed by atoms with Gasteiger partial charge < -0.3 is 126 Å². The topological polar surface area (TPSA) is 513 Å². The van der Waals surface area contributed by atoms with Crippen molar-refractivity contribution in [3.8, 4) is 0 Å². The fraction of sp³-hybridized carbons (Fsp3) is 0.676. The average molecular weight is 1980 g/mol. The molecular formula is C102H161N15O24. The summed E-state index contributed by atoms with van der Waals surface area (Å²) in [6.07, 6.45) is -5.07. The molecule has 141 heavy (non-hydrogen) atoms. The summed E-state index contributed by atoms with van der Waals surface area (Å²) in [6, 6.07) is 19.2. The molecule has 0 radical (unpaired) electrons. The number of benzene rings is 3. The molecule has 4 aliphatic heterocycles. The van der Waals surface area contributed by atoms with Gasteiger partial charge in [-0.1, -0.05) is 161 Å². The van der Waals surface area contributed by atoms with Crippen LogP contribution in [0.25, 0.3) is 11.4 Å². The van der Waals surface area contributed by atoms with Crippen LogP contribution in [0.15, 0.2) is 90.3 Å². The summed E-state index contributed by atoms with van der Waals surface area (Å²) in [4.78, 5) is 163. The summed E-state index contributed by atoms with van der Waals surface area (Å²) >= 11 is 0. The second-order valence-electron chi connectivity index (χ2n) is 38.6. The van der Waals surface area contributed by atoms with Crippen LogP contribution in [-0.2, 0) is 97.2 Å². The highest BCUT2D eigenvalue weighted by atomic mass is 16.6. The van der Waals surface area contributed by atoms with E-state index in [1.165, 1.54) is 31.2 Å². The highest BCUT2D eigenvalue weighted by molar-refractivity contribution is 6.02. The van der Waals surface area contributed by atoms with Gasteiger partial charge in [-0.15, -0.1) is 5.53 Å². The van der Waals surface area contributed by atoms with Crippen molar-refractivity contribution in [2.75, 3.05) is 126 Å². The molecule has 19 atom stereocenters. The number of Topliss-reactive ketones (excluding diaryl/α,β-unsaturated/α-hetero) is 2. The number of ether oxygens (including phenoxy) is 8. The Bertz CT molecular complexity index is 4570. The Kier molecular flexibility index (Phi) is 48.7. The summed E-state index contributed by atoms with van der Waals surface area (Å²) < 4.78 is 47.0. The van der Waals surface area contributed by atoms with E-state index in [2.05, 4.69) is 48.3 Å². The van der Waals surface area contributed by atoms with Gasteiger partial charge in [-0.05, 0) is 99.2 Å². The Hall–Kier alpha value is -9.69. The first-order chi connectivity index (χ1) is 67.5. The number of rotatable bonds is 59. The lowest BCUT2D eigenvalue weighted by Gasteiger charge is -2.44. The second-order valence-corrected chi connectivity index (χ2v) is 38.6. The number of unbranched alkanes of at least 4 members (excludes halogenated alkanes) is 1. The molecule has 0 spiro atoms. The van der Waals surface area contributed by atoms with E-state index in [0.717, 1.165) is 41.6 Å². The van der Waals surface area contributed by atoms with Crippen molar-refractivity contribution >= 4 is 81.8 Å². The van der Waals surface area contributed by atoms with Gasteiger partial charge in [0.25, 0.3) is 0 Å². The summed E-state index contributed by atoms with van der Waals surface area (Å²) in [5, 5.41) is 72.1. The molecule has 5 aliphatic rings. The van der Waals surface area contributed by atoms with Crippen molar-refractivity contribution in [3.05, 3.63) is 113 Å². The third kappa shape index (κ3) is 32.9. The van der Waals surface area contributed by atoms with E-state index in [1.54, 1.807) is 82.3 Å². The number of hydrogen-bond donors (Lipinski definition) is 15. The van der Waals surface area contributed by atoms with Gasteiger partial charge >= 0.3 is 0 Å². The molecule has 39 nitrogen and oxygen atoms in total. The number of fused-ring (bicyclic) bond motifs is 2. The Morgan fingerprint density at radius 2 is 1.27 bits per heavy atom. The number of anilines is 1. The molecule has 3 aromatic carbocycles. The van der Waals surface area contributed by atoms with E-state index in [0.29, 0.717) is 79.8 Å². The minimum Gasteiger partial charge on any atom is -0.394 e. The van der Waals surface area contributed by atoms with Crippen LogP contribution >= 0.6 is 0 Å². The lowest BCUT2D eigenvalue weighted by Crippen LogP contribution is -2.64. The first kappa shape index (κ1) is 117. The summed E-state index contributed by atoms with van der Waals surface area (Å²) in [5.41, 5.74) is 15.4. The maximum absolute atomic E-state index is 15.2. The van der Waals surface area contributed by atoms with Crippen LogP contribution in [-0.4, -0.2) is 316 Å². The fourth-order valence-electron chi connectivity index (χ4n) is 19.4. The first-order valence-corrected chi connectivity index (χ1v) is 50.2. The maximum atomic E-state index is 15.2. The predicted octanol–water partition coefficient (Wildman–Crippen LogP) is 4.46. The van der Waals surface area contributed by atoms with Gasteiger partial charge in [0.15, 0.2) is 17.8 Å². The van der Waals surface area contributed by atoms with Gasteiger partial charge in [-0.25, -0.2) is 0 Å². The van der Waals surface area contributed by atoms with Crippen LogP contribution in [0.2, 0.25) is 0 Å². The number of methoxy groups -OCH3 is 2. The molecule has 1 unspecified atom stereocenters. The van der Waals surface area contributed by atoms with Crippen LogP contribution < -0.4 is 59.0 Å². The van der Waals surface area contributed by atoms with Crippen molar-refractivity contribution in [2.24, 2.45) is 47.3 Å². The van der Waals surface area contributed by atoms with E-state index in [4.69, 9.17) is 43.7 Å². The zero-order valence-corrected chi connectivity index (χ0v) is 85.4. The third-order valence-electron chi connectivity index (χ3n) is 27.5. The zero-order chi connectivity index (χ0) is 103. The number of aliphatic hydroxyl groups is 5. The van der Waals surface area contributed by atoms with Crippen LogP contribution in [0, 0.1) is 41.4 Å². The number of hydrazine groups is 3. The van der Waals surface area contributed by atoms with E-state index in [9.17, 15) is 73.5 Å². The molecule has 8 rings (SSSR count). The van der Waals surface area contributed by atoms with Gasteiger partial charge in [0, 0.05) is 110 Å². The smallest absolute Gasteiger partial charge is 0.246 e. The lowest BCUT2D eigenvalue weighted by atomic mass is 9.83. The number of carbonyl (C=O) groups is 11. The van der Waals surface area contributed by atoms with Gasteiger partial charge in [-0.2, -0.15) is 0 Å². The number of allylic oxidation sites excluding steroid dienone is 1. The molecular weight excluding hydrogens is 1820 g/mol. The van der Waals surface area contributed by atoms with Gasteiger partial charge in [-0.3, -0.25) is 63.6 Å². The number of nitrogens with zero attached hydrogens (tertiary/aromatic N) is 5. The number of likely N-dealkylation sites (N-methyl/N-ethyl adjacent to an activating group) is 2. The SMILES string of the molecule is CC[C@H](C)[C@@H]([C@@H](CC(=O)N1CCC[C@H]1[C@H](OC)[C@@H](C)C(=O)N[C@H](C)[C@@H](O)c1ccccc1)OC)N(C)C(=O)[C@@H](CC(=O)[C@H](C(C)C)N(C)C(=O)[C@H](C)CC(=O)[C@@H](NC(=O)[C@@H](CCCCNC(=O)COC1CCCCCC2=C1NNN2[C@@H]1O[C@H](CO)[C@H](O)[C@H](O)[C@H]1O)NC(=O)CCOCCOCCOCCOCCNC(=O)CCC(=O)N1Cc2ccccc2/C(NC)=C(/NN)c2ccccc21)C(C)C)C(C)C. The molecule has 4 heterocycles. The number of ketones is 2. The van der Waals surface area contributed by atoms with Gasteiger partial charge in [0.1, 0.15) is 43.2 Å². The molecule has 0 aromatic heterocycles. The van der Waals surface area contributed by atoms with E-state index >= 15 is 4.79 Å². The monoisotopic (exact) mass is 1980 g/mol. The van der Waals surface area contributed by atoms with Crippen molar-refractivity contribution < 1.29 is 116 Å². The lowest BCUT2D eigenvalue weighted by molar-refractivity contribution is -0.266. The van der Waals surface area contributed by atoms with Gasteiger partial charge in [0.2, 0.25) is 53.2 Å².